The van der Waals surface area contributed by atoms with Crippen LogP contribution in [-0.2, 0) is 6.54 Å². The second kappa shape index (κ2) is 4.88. The lowest BCUT2D eigenvalue weighted by Crippen LogP contribution is -2.18. The number of benzene rings is 1. The Morgan fingerprint density at radius 2 is 1.76 bits per heavy atom. The van der Waals surface area contributed by atoms with E-state index in [2.05, 4.69) is 48.0 Å². The van der Waals surface area contributed by atoms with E-state index in [4.69, 9.17) is 0 Å². The zero-order valence-electron chi connectivity index (χ0n) is 9.90. The van der Waals surface area contributed by atoms with Gasteiger partial charge in [-0.25, -0.2) is 0 Å². The second-order valence-corrected chi connectivity index (χ2v) is 5.23. The highest BCUT2D eigenvalue weighted by Crippen LogP contribution is 2.11. The third-order valence-electron chi connectivity index (χ3n) is 2.58. The van der Waals surface area contributed by atoms with Crippen molar-refractivity contribution in [3.63, 3.8) is 0 Å². The zero-order valence-corrected chi connectivity index (χ0v) is 11.5. The van der Waals surface area contributed by atoms with Crippen LogP contribution in [0.15, 0.2) is 45.8 Å². The average Bonchev–Trinajstić information content (AvgIpc) is 2.22. The van der Waals surface area contributed by atoms with E-state index in [0.29, 0.717) is 6.54 Å². The summed E-state index contributed by atoms with van der Waals surface area (Å²) in [6.07, 6.45) is 1.82. The summed E-state index contributed by atoms with van der Waals surface area (Å²) in [5.41, 5.74) is 3.63. The van der Waals surface area contributed by atoms with Gasteiger partial charge in [-0.15, -0.1) is 0 Å². The number of aromatic nitrogens is 1. The normalized spacial score (nSPS) is 10.5. The third kappa shape index (κ3) is 3.07. The molecule has 1 aromatic carbocycles. The summed E-state index contributed by atoms with van der Waals surface area (Å²) in [6, 6.07) is 9.70. The maximum Gasteiger partial charge on any atom is 0.250 e. The van der Waals surface area contributed by atoms with Crippen LogP contribution in [0.1, 0.15) is 16.7 Å². The van der Waals surface area contributed by atoms with Crippen molar-refractivity contribution >= 4 is 15.9 Å². The molecular weight excluding hydrogens is 278 g/mol. The van der Waals surface area contributed by atoms with Gasteiger partial charge in [-0.3, -0.25) is 4.79 Å². The Balaban J connectivity index is 2.37. The molecule has 2 nitrogen and oxygen atoms in total. The van der Waals surface area contributed by atoms with Gasteiger partial charge in [0.25, 0.3) is 5.56 Å². The summed E-state index contributed by atoms with van der Waals surface area (Å²) in [5, 5.41) is 0. The molecule has 3 heteroatoms. The van der Waals surface area contributed by atoms with Gasteiger partial charge in [0.1, 0.15) is 0 Å². The van der Waals surface area contributed by atoms with Crippen LogP contribution >= 0.6 is 15.9 Å². The number of pyridine rings is 1. The minimum absolute atomic E-state index is 0.0207. The van der Waals surface area contributed by atoms with Crippen LogP contribution in [0.25, 0.3) is 0 Å². The van der Waals surface area contributed by atoms with Crippen molar-refractivity contribution in [1.29, 1.82) is 0 Å². The minimum Gasteiger partial charge on any atom is -0.310 e. The molecule has 1 aromatic heterocycles. The van der Waals surface area contributed by atoms with Gasteiger partial charge < -0.3 is 4.57 Å². The predicted octanol–water partition coefficient (Wildman–Crippen LogP) is 3.28. The average molecular weight is 292 g/mol. The van der Waals surface area contributed by atoms with E-state index >= 15 is 0 Å². The molecule has 0 amide bonds. The molecule has 1 heterocycles. The maximum absolute atomic E-state index is 11.7. The Bertz CT molecular complexity index is 581. The molecule has 0 aliphatic carbocycles. The van der Waals surface area contributed by atoms with Crippen LogP contribution in [0, 0.1) is 13.8 Å². The molecule has 0 atom stereocenters. The van der Waals surface area contributed by atoms with E-state index in [1.165, 1.54) is 11.1 Å². The van der Waals surface area contributed by atoms with Crippen molar-refractivity contribution in [2.75, 3.05) is 0 Å². The van der Waals surface area contributed by atoms with Crippen LogP contribution in [0.4, 0.5) is 0 Å². The number of halogens is 1. The summed E-state index contributed by atoms with van der Waals surface area (Å²) in [6.45, 7) is 4.75. The summed E-state index contributed by atoms with van der Waals surface area (Å²) in [5.74, 6) is 0. The molecule has 0 saturated carbocycles. The zero-order chi connectivity index (χ0) is 12.4. The van der Waals surface area contributed by atoms with Crippen LogP contribution < -0.4 is 5.56 Å². The van der Waals surface area contributed by atoms with E-state index in [0.717, 1.165) is 10.0 Å². The van der Waals surface area contributed by atoms with Gasteiger partial charge in [0.2, 0.25) is 0 Å². The molecule has 0 fully saturated rings. The van der Waals surface area contributed by atoms with E-state index in [-0.39, 0.29) is 5.56 Å². The van der Waals surface area contributed by atoms with Gasteiger partial charge in [0, 0.05) is 16.7 Å². The van der Waals surface area contributed by atoms with Crippen LogP contribution in [-0.4, -0.2) is 4.57 Å². The SMILES string of the molecule is Cc1cc(C)cc(Cn2cc(Br)ccc2=O)c1. The number of aryl methyl sites for hydroxylation is 2. The summed E-state index contributed by atoms with van der Waals surface area (Å²) in [4.78, 5) is 11.7. The molecule has 17 heavy (non-hydrogen) atoms. The van der Waals surface area contributed by atoms with E-state index < -0.39 is 0 Å². The van der Waals surface area contributed by atoms with Gasteiger partial charge in [-0.05, 0) is 41.4 Å². The van der Waals surface area contributed by atoms with Gasteiger partial charge >= 0.3 is 0 Å². The number of hydrogen-bond acceptors (Lipinski definition) is 1. The van der Waals surface area contributed by atoms with Gasteiger partial charge in [0.05, 0.1) is 6.54 Å². The first-order chi connectivity index (χ1) is 8.04. The number of hydrogen-bond donors (Lipinski definition) is 0. The van der Waals surface area contributed by atoms with Gasteiger partial charge in [-0.1, -0.05) is 29.3 Å². The van der Waals surface area contributed by atoms with Crippen molar-refractivity contribution in [3.05, 3.63) is 68.0 Å². The maximum atomic E-state index is 11.7. The predicted molar refractivity (Wildman–Crippen MR) is 73.4 cm³/mol. The van der Waals surface area contributed by atoms with Crippen LogP contribution in [0.5, 0.6) is 0 Å². The van der Waals surface area contributed by atoms with Crippen molar-refractivity contribution in [2.45, 2.75) is 20.4 Å². The number of nitrogens with zero attached hydrogens (tertiary/aromatic N) is 1. The van der Waals surface area contributed by atoms with Crippen LogP contribution in [0.3, 0.4) is 0 Å². The fourth-order valence-corrected chi connectivity index (χ4v) is 2.36. The quantitative estimate of drug-likeness (QED) is 0.832. The lowest BCUT2D eigenvalue weighted by molar-refractivity contribution is 0.755. The highest BCUT2D eigenvalue weighted by atomic mass is 79.9. The first kappa shape index (κ1) is 12.1. The molecule has 0 radical (unpaired) electrons. The lowest BCUT2D eigenvalue weighted by Gasteiger charge is -2.08. The summed E-state index contributed by atoms with van der Waals surface area (Å²) in [7, 11) is 0. The molecule has 0 bridgehead atoms. The highest BCUT2D eigenvalue weighted by Gasteiger charge is 2.00. The Kier molecular flexibility index (Phi) is 3.48. The Morgan fingerprint density at radius 1 is 1.12 bits per heavy atom. The van der Waals surface area contributed by atoms with Crippen molar-refractivity contribution < 1.29 is 0 Å². The summed E-state index contributed by atoms with van der Waals surface area (Å²) < 4.78 is 2.62. The van der Waals surface area contributed by atoms with E-state index in [1.54, 1.807) is 16.7 Å². The molecule has 2 aromatic rings. The van der Waals surface area contributed by atoms with Crippen molar-refractivity contribution in [1.82, 2.24) is 4.57 Å². The Morgan fingerprint density at radius 3 is 2.41 bits per heavy atom. The lowest BCUT2D eigenvalue weighted by atomic mass is 10.1. The Hall–Kier alpha value is -1.35. The van der Waals surface area contributed by atoms with Crippen molar-refractivity contribution in [2.24, 2.45) is 0 Å². The first-order valence-corrected chi connectivity index (χ1v) is 6.27. The standard InChI is InChI=1S/C14H14BrNO/c1-10-5-11(2)7-12(6-10)8-16-9-13(15)3-4-14(16)17/h3-7,9H,8H2,1-2H3. The Labute approximate surface area is 109 Å². The molecular formula is C14H14BrNO. The minimum atomic E-state index is 0.0207. The molecule has 88 valence electrons. The number of rotatable bonds is 2. The highest BCUT2D eigenvalue weighted by molar-refractivity contribution is 9.10. The van der Waals surface area contributed by atoms with E-state index in [9.17, 15) is 4.79 Å². The summed E-state index contributed by atoms with van der Waals surface area (Å²) >= 11 is 3.38. The topological polar surface area (TPSA) is 22.0 Å². The third-order valence-corrected chi connectivity index (χ3v) is 3.05. The monoisotopic (exact) mass is 291 g/mol. The molecule has 0 unspecified atom stereocenters. The second-order valence-electron chi connectivity index (χ2n) is 4.31. The van der Waals surface area contributed by atoms with Gasteiger partial charge in [-0.2, -0.15) is 0 Å². The van der Waals surface area contributed by atoms with E-state index in [1.807, 2.05) is 6.20 Å². The molecule has 0 spiro atoms. The molecule has 0 saturated heterocycles. The smallest absolute Gasteiger partial charge is 0.250 e. The first-order valence-electron chi connectivity index (χ1n) is 5.48. The van der Waals surface area contributed by atoms with Gasteiger partial charge in [0.15, 0.2) is 0 Å². The van der Waals surface area contributed by atoms with Crippen LogP contribution in [0.2, 0.25) is 0 Å². The molecule has 0 aliphatic rings. The molecule has 0 N–H and O–H groups in total. The fraction of sp³-hybridized carbons (Fsp3) is 0.214. The largest absolute Gasteiger partial charge is 0.310 e. The van der Waals surface area contributed by atoms with Crippen molar-refractivity contribution in [3.8, 4) is 0 Å². The molecule has 0 aliphatic heterocycles. The molecule has 2 rings (SSSR count). The fourth-order valence-electron chi connectivity index (χ4n) is 1.98.